The van der Waals surface area contributed by atoms with Crippen molar-refractivity contribution in [3.05, 3.63) is 36.8 Å². The van der Waals surface area contributed by atoms with Crippen molar-refractivity contribution in [1.29, 1.82) is 0 Å². The topological polar surface area (TPSA) is 0 Å². The normalized spacial score (nSPS) is 8.75. The van der Waals surface area contributed by atoms with Crippen LogP contribution in [0, 0.1) is 6.92 Å². The van der Waals surface area contributed by atoms with E-state index in [0.29, 0.717) is 0 Å². The molecule has 62 valence electrons. The van der Waals surface area contributed by atoms with Gasteiger partial charge in [0.25, 0.3) is 0 Å². The molecule has 0 N–H and O–H groups in total. The van der Waals surface area contributed by atoms with Gasteiger partial charge < -0.3 is 6.92 Å². The standard InChI is InChI=1S/C9H11S.BrH.Zn/c1-3-8-4-6-9(10-2)7-5-8;;/h4-7H,1,3H2,2H3;1H;/q-1;;+2/p-1. The minimum absolute atomic E-state index is 0.884. The van der Waals surface area contributed by atoms with Crippen LogP contribution in [0.5, 0.6) is 0 Å². The van der Waals surface area contributed by atoms with Gasteiger partial charge in [0, 0.05) is 4.90 Å². The van der Waals surface area contributed by atoms with Gasteiger partial charge in [-0.2, -0.15) is 6.42 Å². The number of benzene rings is 1. The van der Waals surface area contributed by atoms with E-state index in [4.69, 9.17) is 0 Å². The van der Waals surface area contributed by atoms with E-state index in [9.17, 15) is 0 Å². The Morgan fingerprint density at radius 3 is 2.17 bits per heavy atom. The van der Waals surface area contributed by atoms with Gasteiger partial charge in [-0.15, -0.1) is 11.8 Å². The van der Waals surface area contributed by atoms with E-state index in [-0.39, 0.29) is 0 Å². The monoisotopic (exact) mass is 294 g/mol. The molecule has 0 bridgehead atoms. The maximum absolute atomic E-state index is 3.80. The van der Waals surface area contributed by atoms with Gasteiger partial charge in [0.2, 0.25) is 0 Å². The van der Waals surface area contributed by atoms with Gasteiger partial charge in [-0.25, -0.2) is 0 Å². The van der Waals surface area contributed by atoms with Crippen LogP contribution >= 0.6 is 25.4 Å². The number of thioether (sulfide) groups is 1. The fraction of sp³-hybridized carbons (Fsp3) is 0.222. The minimum atomic E-state index is 0.884. The summed E-state index contributed by atoms with van der Waals surface area (Å²) in [6, 6.07) is 8.51. The molecule has 12 heavy (non-hydrogen) atoms. The Hall–Kier alpha value is 0.673. The number of rotatable bonds is 2. The van der Waals surface area contributed by atoms with Crippen molar-refractivity contribution in [2.24, 2.45) is 0 Å². The zero-order valence-electron chi connectivity index (χ0n) is 7.22. The molecule has 0 aromatic heterocycles. The van der Waals surface area contributed by atoms with E-state index >= 15 is 0 Å². The third-order valence-electron chi connectivity index (χ3n) is 1.45. The molecule has 1 rings (SSSR count). The van der Waals surface area contributed by atoms with E-state index in [2.05, 4.69) is 51.1 Å². The van der Waals surface area contributed by atoms with E-state index in [1.165, 1.54) is 26.8 Å². The second kappa shape index (κ2) is 8.28. The molecule has 0 amide bonds. The van der Waals surface area contributed by atoms with Crippen molar-refractivity contribution < 1.29 is 16.3 Å². The Morgan fingerprint density at radius 2 is 1.83 bits per heavy atom. The van der Waals surface area contributed by atoms with Crippen molar-refractivity contribution in [1.82, 2.24) is 0 Å². The Kier molecular flexibility index (Phi) is 8.74. The number of hydrogen-bond donors (Lipinski definition) is 0. The van der Waals surface area contributed by atoms with Gasteiger partial charge in [-0.3, -0.25) is 0 Å². The molecule has 0 atom stereocenters. The summed E-state index contributed by atoms with van der Waals surface area (Å²) in [7, 11) is 0. The SMILES string of the molecule is [CH2-]Cc1ccc(SC)cc1.[Zn+][Br]. The molecule has 0 aliphatic heterocycles. The summed E-state index contributed by atoms with van der Waals surface area (Å²) in [5.74, 6) is 0. The molecular weight excluding hydrogens is 285 g/mol. The molecule has 3 heteroatoms. The van der Waals surface area contributed by atoms with Crippen molar-refractivity contribution in [2.45, 2.75) is 11.3 Å². The second-order valence-electron chi connectivity index (χ2n) is 2.10. The van der Waals surface area contributed by atoms with Crippen LogP contribution in [0.4, 0.5) is 0 Å². The summed E-state index contributed by atoms with van der Waals surface area (Å²) in [5, 5.41) is 0. The second-order valence-corrected chi connectivity index (χ2v) is 2.98. The van der Waals surface area contributed by atoms with Crippen molar-refractivity contribution in [2.75, 3.05) is 6.26 Å². The van der Waals surface area contributed by atoms with Gasteiger partial charge in [0.05, 0.1) is 0 Å². The summed E-state index contributed by atoms with van der Waals surface area (Å²) < 4.78 is 0. The van der Waals surface area contributed by atoms with Crippen LogP contribution in [0.25, 0.3) is 0 Å². The summed E-state index contributed by atoms with van der Waals surface area (Å²) in [4.78, 5) is 1.32. The van der Waals surface area contributed by atoms with Gasteiger partial charge in [-0.1, -0.05) is 17.7 Å². The Bertz CT molecular complexity index is 175. The van der Waals surface area contributed by atoms with Crippen molar-refractivity contribution in [3.8, 4) is 0 Å². The van der Waals surface area contributed by atoms with E-state index in [0.717, 1.165) is 6.42 Å². The van der Waals surface area contributed by atoms with Crippen LogP contribution in [0.15, 0.2) is 29.2 Å². The molecule has 0 radical (unpaired) electrons. The van der Waals surface area contributed by atoms with Crippen LogP contribution < -0.4 is 0 Å². The molecule has 0 spiro atoms. The number of hydrogen-bond acceptors (Lipinski definition) is 1. The summed E-state index contributed by atoms with van der Waals surface area (Å²) >= 11 is 6.02. The first kappa shape index (κ1) is 12.7. The Labute approximate surface area is 95.6 Å². The first-order valence-electron chi connectivity index (χ1n) is 3.55. The first-order chi connectivity index (χ1) is 5.86. The average Bonchev–Trinajstić information content (AvgIpc) is 2.21. The Morgan fingerprint density at radius 1 is 1.33 bits per heavy atom. The molecule has 1 aromatic rings. The van der Waals surface area contributed by atoms with Crippen LogP contribution in [0.2, 0.25) is 0 Å². The maximum atomic E-state index is 3.80. The summed E-state index contributed by atoms with van der Waals surface area (Å²) in [6.07, 6.45) is 2.97. The zero-order valence-corrected chi connectivity index (χ0v) is 12.6. The molecule has 0 fully saturated rings. The molecule has 0 aliphatic carbocycles. The summed E-state index contributed by atoms with van der Waals surface area (Å²) in [5.41, 5.74) is 1.30. The van der Waals surface area contributed by atoms with Crippen molar-refractivity contribution in [3.63, 3.8) is 0 Å². The fourth-order valence-corrected chi connectivity index (χ4v) is 1.20. The molecule has 0 unspecified atom stereocenters. The molecular formula is C9H11BrSZn. The number of halogens is 1. The predicted octanol–water partition coefficient (Wildman–Crippen LogP) is 3.63. The van der Waals surface area contributed by atoms with E-state index in [1.54, 1.807) is 11.8 Å². The summed E-state index contributed by atoms with van der Waals surface area (Å²) in [6.45, 7) is 3.80. The predicted molar refractivity (Wildman–Crippen MR) is 56.2 cm³/mol. The molecule has 0 heterocycles. The molecule has 0 aliphatic rings. The van der Waals surface area contributed by atoms with Crippen LogP contribution in [0.3, 0.4) is 0 Å². The molecule has 0 saturated heterocycles. The molecule has 1 aromatic carbocycles. The zero-order chi connectivity index (χ0) is 9.40. The quantitative estimate of drug-likeness (QED) is 0.456. The average molecular weight is 297 g/mol. The molecule has 0 saturated carbocycles. The van der Waals surface area contributed by atoms with Gasteiger partial charge in [-0.05, 0) is 18.4 Å². The van der Waals surface area contributed by atoms with Crippen LogP contribution in [-0.2, 0) is 22.8 Å². The van der Waals surface area contributed by atoms with Crippen LogP contribution in [0.1, 0.15) is 5.56 Å². The van der Waals surface area contributed by atoms with Crippen molar-refractivity contribution >= 4 is 25.4 Å². The first-order valence-corrected chi connectivity index (χ1v) is 11.7. The fourth-order valence-electron chi connectivity index (χ4n) is 0.792. The Balaban J connectivity index is 0.000000561. The molecule has 0 nitrogen and oxygen atoms in total. The van der Waals surface area contributed by atoms with E-state index in [1.807, 2.05) is 0 Å². The van der Waals surface area contributed by atoms with E-state index < -0.39 is 0 Å². The van der Waals surface area contributed by atoms with Gasteiger partial charge in [0.1, 0.15) is 0 Å². The third-order valence-corrected chi connectivity index (χ3v) is 2.19. The third kappa shape index (κ3) is 4.64. The van der Waals surface area contributed by atoms with Crippen LogP contribution in [-0.4, -0.2) is 6.26 Å². The van der Waals surface area contributed by atoms with Gasteiger partial charge in [0.15, 0.2) is 0 Å². The van der Waals surface area contributed by atoms with Gasteiger partial charge >= 0.3 is 30.0 Å².